The van der Waals surface area contributed by atoms with Crippen LogP contribution in [0.2, 0.25) is 0 Å². The zero-order chi connectivity index (χ0) is 55.4. The van der Waals surface area contributed by atoms with Gasteiger partial charge in [-0.1, -0.05) is 236 Å². The van der Waals surface area contributed by atoms with Crippen molar-refractivity contribution in [2.75, 3.05) is 0 Å². The van der Waals surface area contributed by atoms with Crippen molar-refractivity contribution >= 4 is 86.2 Å². The Morgan fingerprint density at radius 1 is 0.271 bits per heavy atom. The highest BCUT2D eigenvalue weighted by molar-refractivity contribution is 6.24. The maximum Gasteiger partial charge on any atom is 0.124 e. The number of phenolic OH excluding ortho intramolecular Hbond substituents is 1. The highest BCUT2D eigenvalue weighted by Crippen LogP contribution is 2.47. The molecule has 0 atom stereocenters. The lowest BCUT2D eigenvalue weighted by Gasteiger charge is -2.18. The molecule has 328 valence electrons. The minimum Gasteiger partial charge on any atom is -0.507 e. The van der Waals surface area contributed by atoms with Gasteiger partial charge in [-0.2, -0.15) is 0 Å². The third-order valence-corrected chi connectivity index (χ3v) is 13.8. The lowest BCUT2D eigenvalue weighted by atomic mass is 9.85. The molecule has 14 rings (SSSR count). The molecular weight excluding hydrogens is 845 g/mol. The van der Waals surface area contributed by atoms with Gasteiger partial charge in [0.2, 0.25) is 0 Å². The SMILES string of the molecule is [2H]c1c([2H])c([2H])c(-c2c3ccccc3c(-c3ccc4c(c3)cc(C)c3ccccc34)c3ccccc23)c([2H])c1[2H].[2H]c1c([2H])c([2H])c(-c2c3ccccc3c(-c3ccc4c(c3)cc(O)c3ccccc34)c3ccccc23)c([2H])c1[2H]. The first-order valence-electron chi connectivity index (χ1n) is 28.3. The first-order valence-corrected chi connectivity index (χ1v) is 23.3. The summed E-state index contributed by atoms with van der Waals surface area (Å²) in [4.78, 5) is 0. The molecule has 0 unspecified atom stereocenters. The molecule has 0 saturated carbocycles. The maximum atomic E-state index is 10.8. The van der Waals surface area contributed by atoms with Gasteiger partial charge in [0.1, 0.15) is 5.75 Å². The van der Waals surface area contributed by atoms with Crippen LogP contribution in [0.1, 0.15) is 19.3 Å². The van der Waals surface area contributed by atoms with E-state index in [1.807, 2.05) is 109 Å². The summed E-state index contributed by atoms with van der Waals surface area (Å²) in [6.45, 7) is 2.15. The molecule has 70 heavy (non-hydrogen) atoms. The molecule has 0 aromatic heterocycles. The fourth-order valence-electron chi connectivity index (χ4n) is 10.9. The number of aromatic hydroxyl groups is 1. The average Bonchev–Trinajstić information content (AvgIpc) is 3.55. The van der Waals surface area contributed by atoms with Crippen molar-refractivity contribution in [1.82, 2.24) is 0 Å². The predicted molar refractivity (Wildman–Crippen MR) is 301 cm³/mol. The predicted octanol–water partition coefficient (Wildman–Crippen LogP) is 19.3. The van der Waals surface area contributed by atoms with Crippen molar-refractivity contribution in [2.24, 2.45) is 0 Å². The molecule has 14 aromatic rings. The van der Waals surface area contributed by atoms with Crippen LogP contribution in [-0.4, -0.2) is 5.11 Å². The van der Waals surface area contributed by atoms with E-state index in [-0.39, 0.29) is 71.3 Å². The molecule has 0 fully saturated rings. The van der Waals surface area contributed by atoms with Gasteiger partial charge in [-0.25, -0.2) is 0 Å². The smallest absolute Gasteiger partial charge is 0.124 e. The van der Waals surface area contributed by atoms with Crippen molar-refractivity contribution in [3.63, 3.8) is 0 Å². The molecule has 0 heterocycles. The Morgan fingerprint density at radius 3 is 0.957 bits per heavy atom. The molecule has 0 aliphatic carbocycles. The Hall–Kier alpha value is -9.04. The van der Waals surface area contributed by atoms with Crippen molar-refractivity contribution in [1.29, 1.82) is 0 Å². The maximum absolute atomic E-state index is 10.8. The number of hydrogen-bond acceptors (Lipinski definition) is 1. The summed E-state index contributed by atoms with van der Waals surface area (Å²) in [6.07, 6.45) is 0. The minimum absolute atomic E-state index is 0.192. The number of fused-ring (bicyclic) bond motifs is 10. The van der Waals surface area contributed by atoms with Crippen LogP contribution in [0, 0.1) is 6.92 Å². The fourth-order valence-corrected chi connectivity index (χ4v) is 10.9. The van der Waals surface area contributed by atoms with Crippen LogP contribution in [-0.2, 0) is 0 Å². The normalized spacial score (nSPS) is 13.6. The molecule has 14 aromatic carbocycles. The van der Waals surface area contributed by atoms with Gasteiger partial charge in [0.15, 0.2) is 0 Å². The summed E-state index contributed by atoms with van der Waals surface area (Å²) >= 11 is 0. The molecule has 0 saturated heterocycles. The molecule has 0 amide bonds. The minimum atomic E-state index is -0.407. The van der Waals surface area contributed by atoms with Gasteiger partial charge < -0.3 is 5.11 Å². The van der Waals surface area contributed by atoms with Crippen LogP contribution in [0.5, 0.6) is 5.75 Å². The van der Waals surface area contributed by atoms with Gasteiger partial charge in [0, 0.05) is 5.39 Å². The van der Waals surface area contributed by atoms with Gasteiger partial charge >= 0.3 is 0 Å². The number of benzene rings is 14. The monoisotopic (exact) mass is 900 g/mol. The summed E-state index contributed by atoms with van der Waals surface area (Å²) in [5, 5.41) is 26.4. The summed E-state index contributed by atoms with van der Waals surface area (Å²) in [5.74, 6) is 0.228. The lowest BCUT2D eigenvalue weighted by molar-refractivity contribution is 0.482. The van der Waals surface area contributed by atoms with Crippen molar-refractivity contribution in [3.8, 4) is 50.3 Å². The highest BCUT2D eigenvalue weighted by atomic mass is 16.3. The van der Waals surface area contributed by atoms with Crippen molar-refractivity contribution in [3.05, 3.63) is 260 Å². The van der Waals surface area contributed by atoms with E-state index in [2.05, 4.69) is 85.8 Å². The molecular formula is C69H46O. The third-order valence-electron chi connectivity index (χ3n) is 13.8. The summed E-state index contributed by atoms with van der Waals surface area (Å²) < 4.78 is 84.4. The number of aryl methyl sites for hydroxylation is 1. The number of phenols is 1. The summed E-state index contributed by atoms with van der Waals surface area (Å²) in [6, 6.07) is 61.8. The van der Waals surface area contributed by atoms with E-state index in [0.717, 1.165) is 92.3 Å². The van der Waals surface area contributed by atoms with Crippen LogP contribution < -0.4 is 0 Å². The highest BCUT2D eigenvalue weighted by Gasteiger charge is 2.19. The van der Waals surface area contributed by atoms with Crippen molar-refractivity contribution < 1.29 is 18.8 Å². The topological polar surface area (TPSA) is 20.2 Å². The van der Waals surface area contributed by atoms with Crippen LogP contribution in [0.25, 0.3) is 131 Å². The van der Waals surface area contributed by atoms with E-state index in [4.69, 9.17) is 13.7 Å². The second kappa shape index (κ2) is 16.9. The van der Waals surface area contributed by atoms with E-state index < -0.39 is 6.04 Å². The molecule has 0 spiro atoms. The first-order chi connectivity index (χ1) is 38.7. The fraction of sp³-hybridized carbons (Fsp3) is 0.0145. The van der Waals surface area contributed by atoms with Crippen LogP contribution in [0.3, 0.4) is 0 Å². The molecule has 0 radical (unpaired) electrons. The van der Waals surface area contributed by atoms with Gasteiger partial charge in [-0.3, -0.25) is 0 Å². The molecule has 0 aliphatic rings. The van der Waals surface area contributed by atoms with Gasteiger partial charge in [-0.15, -0.1) is 0 Å². The van der Waals surface area contributed by atoms with E-state index in [0.29, 0.717) is 11.1 Å². The zero-order valence-electron chi connectivity index (χ0n) is 47.9. The number of rotatable bonds is 4. The summed E-state index contributed by atoms with van der Waals surface area (Å²) in [7, 11) is 0. The molecule has 0 bridgehead atoms. The Bertz CT molecular complexity index is 4510. The molecule has 1 N–H and O–H groups in total. The Morgan fingerprint density at radius 2 is 0.571 bits per heavy atom. The van der Waals surface area contributed by atoms with Gasteiger partial charge in [0.25, 0.3) is 0 Å². The standard InChI is InChI=1S/C35H24.C34H22O/c1-23-21-26-22-25(19-20-28(26)29-14-6-5-13-27(23)29)35-32-17-9-7-15-30(32)34(24-11-3-2-4-12-24)31-16-8-10-18-33(31)35;35-32-21-24-20-23(18-19-25(24)26-12-4-5-13-27(26)32)34-30-16-8-6-14-28(30)33(22-10-2-1-3-11-22)29-15-7-9-17-31(29)34/h2-22H,1H3;1-21,35H/i2D,3D,4D,11D,12D;1D,2D,3D,10D,11D. The summed E-state index contributed by atoms with van der Waals surface area (Å²) in [5.41, 5.74) is 7.01. The van der Waals surface area contributed by atoms with E-state index in [1.165, 1.54) is 21.7 Å². The van der Waals surface area contributed by atoms with E-state index in [9.17, 15) is 5.11 Å². The number of hydrogen-bond donors (Lipinski definition) is 1. The Kier molecular flexibility index (Phi) is 7.70. The second-order valence-electron chi connectivity index (χ2n) is 17.7. The Balaban J connectivity index is 0.000000151. The molecule has 1 heteroatoms. The largest absolute Gasteiger partial charge is 0.507 e. The Labute approximate surface area is 420 Å². The quantitative estimate of drug-likeness (QED) is 0.138. The van der Waals surface area contributed by atoms with Gasteiger partial charge in [-0.05, 0) is 156 Å². The van der Waals surface area contributed by atoms with Gasteiger partial charge in [0.05, 0.1) is 13.7 Å². The second-order valence-corrected chi connectivity index (χ2v) is 17.7. The average molecular weight is 901 g/mol. The zero-order valence-corrected chi connectivity index (χ0v) is 37.9. The third kappa shape index (κ3) is 6.78. The van der Waals surface area contributed by atoms with Crippen LogP contribution in [0.15, 0.2) is 255 Å². The lowest BCUT2D eigenvalue weighted by Crippen LogP contribution is -1.91. The molecule has 1 nitrogen and oxygen atoms in total. The van der Waals surface area contributed by atoms with Crippen LogP contribution in [0.4, 0.5) is 0 Å². The van der Waals surface area contributed by atoms with Crippen molar-refractivity contribution in [2.45, 2.75) is 6.92 Å². The first kappa shape index (κ1) is 31.8. The van der Waals surface area contributed by atoms with Crippen LogP contribution >= 0.6 is 0 Å². The van der Waals surface area contributed by atoms with E-state index >= 15 is 0 Å². The molecule has 0 aliphatic heterocycles. The van der Waals surface area contributed by atoms with E-state index in [1.54, 1.807) is 6.07 Å².